The minimum Gasteiger partial charge on any atom is -0.503 e. The molecule has 0 fully saturated rings. The molecule has 1 aliphatic rings. The zero-order chi connectivity index (χ0) is 20.5. The summed E-state index contributed by atoms with van der Waals surface area (Å²) in [5.74, 6) is -0.646. The zero-order valence-electron chi connectivity index (χ0n) is 15.1. The number of hydrogen-bond acceptors (Lipinski definition) is 2. The van der Waals surface area contributed by atoms with Crippen LogP contribution in [0.5, 0.6) is 0 Å². The Balaban J connectivity index is 1.80. The van der Waals surface area contributed by atoms with Crippen molar-refractivity contribution in [1.29, 1.82) is 0 Å². The highest BCUT2D eigenvalue weighted by atomic mass is 79.9. The van der Waals surface area contributed by atoms with Crippen LogP contribution in [-0.4, -0.2) is 15.9 Å². The number of aliphatic hydroxyl groups excluding tert-OH is 1. The van der Waals surface area contributed by atoms with E-state index in [1.807, 2.05) is 48.5 Å². The molecule has 1 heterocycles. The summed E-state index contributed by atoms with van der Waals surface area (Å²) >= 11 is 15.5. The SMILES string of the molecule is O=C1C(O)=C(c2ccc(Cl)cc2)C(c2ccc(Br)cc2)N1Cc1ccc(Cl)cc1. The summed E-state index contributed by atoms with van der Waals surface area (Å²) < 4.78 is 0.941. The van der Waals surface area contributed by atoms with Crippen LogP contribution in [0.4, 0.5) is 0 Å². The average Bonchev–Trinajstić information content (AvgIpc) is 2.96. The van der Waals surface area contributed by atoms with E-state index in [4.69, 9.17) is 23.2 Å². The minimum absolute atomic E-state index is 0.241. The van der Waals surface area contributed by atoms with Gasteiger partial charge in [0, 0.05) is 26.6 Å². The highest BCUT2D eigenvalue weighted by Crippen LogP contribution is 2.44. The summed E-state index contributed by atoms with van der Waals surface area (Å²) in [6.07, 6.45) is 0. The van der Waals surface area contributed by atoms with Gasteiger partial charge in [-0.05, 0) is 53.1 Å². The van der Waals surface area contributed by atoms with E-state index < -0.39 is 11.9 Å². The first-order chi connectivity index (χ1) is 13.9. The van der Waals surface area contributed by atoms with E-state index in [0.29, 0.717) is 22.2 Å². The van der Waals surface area contributed by atoms with Crippen molar-refractivity contribution in [2.75, 3.05) is 0 Å². The molecule has 0 spiro atoms. The number of rotatable bonds is 4. The predicted molar refractivity (Wildman–Crippen MR) is 120 cm³/mol. The van der Waals surface area contributed by atoms with Crippen molar-refractivity contribution in [1.82, 2.24) is 4.90 Å². The number of aliphatic hydroxyl groups is 1. The molecule has 0 radical (unpaired) electrons. The first-order valence-corrected chi connectivity index (χ1v) is 10.5. The summed E-state index contributed by atoms with van der Waals surface area (Å²) in [6.45, 7) is 0.345. The fraction of sp³-hybridized carbons (Fsp3) is 0.0870. The fourth-order valence-corrected chi connectivity index (χ4v) is 4.04. The lowest BCUT2D eigenvalue weighted by atomic mass is 9.93. The monoisotopic (exact) mass is 487 g/mol. The van der Waals surface area contributed by atoms with Crippen molar-refractivity contribution >= 4 is 50.6 Å². The van der Waals surface area contributed by atoms with Crippen LogP contribution in [0.3, 0.4) is 0 Å². The van der Waals surface area contributed by atoms with Crippen molar-refractivity contribution < 1.29 is 9.90 Å². The van der Waals surface area contributed by atoms with Gasteiger partial charge in [0.2, 0.25) is 0 Å². The average molecular weight is 489 g/mol. The highest BCUT2D eigenvalue weighted by molar-refractivity contribution is 9.10. The summed E-state index contributed by atoms with van der Waals surface area (Å²) in [5.41, 5.74) is 3.16. The normalized spacial score (nSPS) is 16.6. The van der Waals surface area contributed by atoms with Gasteiger partial charge < -0.3 is 10.0 Å². The van der Waals surface area contributed by atoms with E-state index in [-0.39, 0.29) is 5.76 Å². The topological polar surface area (TPSA) is 40.5 Å². The summed E-state index contributed by atoms with van der Waals surface area (Å²) in [5, 5.41) is 12.0. The molecule has 1 amide bonds. The second-order valence-electron chi connectivity index (χ2n) is 6.78. The predicted octanol–water partition coefficient (Wildman–Crippen LogP) is 6.81. The number of nitrogens with zero attached hydrogens (tertiary/aromatic N) is 1. The maximum absolute atomic E-state index is 13.0. The van der Waals surface area contributed by atoms with Gasteiger partial charge in [-0.1, -0.05) is 75.5 Å². The highest BCUT2D eigenvalue weighted by Gasteiger charge is 2.40. The Kier molecular flexibility index (Phi) is 5.68. The zero-order valence-corrected chi connectivity index (χ0v) is 18.2. The maximum atomic E-state index is 13.0. The molecule has 146 valence electrons. The third-order valence-electron chi connectivity index (χ3n) is 4.91. The lowest BCUT2D eigenvalue weighted by Gasteiger charge is -2.27. The van der Waals surface area contributed by atoms with Crippen LogP contribution < -0.4 is 0 Å². The van der Waals surface area contributed by atoms with Crippen molar-refractivity contribution in [3.8, 4) is 0 Å². The van der Waals surface area contributed by atoms with Crippen LogP contribution in [0.15, 0.2) is 83.0 Å². The largest absolute Gasteiger partial charge is 0.503 e. The molecular weight excluding hydrogens is 473 g/mol. The van der Waals surface area contributed by atoms with E-state index in [0.717, 1.165) is 21.2 Å². The molecular formula is C23H16BrCl2NO2. The smallest absolute Gasteiger partial charge is 0.290 e. The molecule has 1 N–H and O–H groups in total. The Morgan fingerprint density at radius 3 is 2.00 bits per heavy atom. The quantitative estimate of drug-likeness (QED) is 0.438. The molecule has 0 saturated heterocycles. The Hall–Kier alpha value is -2.27. The molecule has 3 aromatic carbocycles. The lowest BCUT2D eigenvalue weighted by molar-refractivity contribution is -0.130. The molecule has 0 aliphatic carbocycles. The van der Waals surface area contributed by atoms with Crippen LogP contribution >= 0.6 is 39.1 Å². The Bertz CT molecular complexity index is 1080. The van der Waals surface area contributed by atoms with E-state index in [9.17, 15) is 9.90 Å². The van der Waals surface area contributed by atoms with Crippen LogP contribution in [0, 0.1) is 0 Å². The van der Waals surface area contributed by atoms with Gasteiger partial charge in [-0.15, -0.1) is 0 Å². The van der Waals surface area contributed by atoms with Gasteiger partial charge in [0.1, 0.15) is 0 Å². The number of hydrogen-bond donors (Lipinski definition) is 1. The fourth-order valence-electron chi connectivity index (χ4n) is 3.52. The van der Waals surface area contributed by atoms with Crippen molar-refractivity contribution in [2.45, 2.75) is 12.6 Å². The summed E-state index contributed by atoms with van der Waals surface area (Å²) in [6, 6.07) is 21.8. The first kappa shape index (κ1) is 20.0. The molecule has 1 aliphatic heterocycles. The molecule has 0 saturated carbocycles. The number of carbonyl (C=O) groups is 1. The van der Waals surface area contributed by atoms with Crippen LogP contribution in [-0.2, 0) is 11.3 Å². The molecule has 3 nitrogen and oxygen atoms in total. The number of benzene rings is 3. The third kappa shape index (κ3) is 4.06. The van der Waals surface area contributed by atoms with Gasteiger partial charge in [-0.2, -0.15) is 0 Å². The van der Waals surface area contributed by atoms with E-state index >= 15 is 0 Å². The molecule has 0 aromatic heterocycles. The Morgan fingerprint density at radius 2 is 1.41 bits per heavy atom. The van der Waals surface area contributed by atoms with Crippen LogP contribution in [0.25, 0.3) is 5.57 Å². The molecule has 1 atom stereocenters. The van der Waals surface area contributed by atoms with Crippen molar-refractivity contribution in [2.24, 2.45) is 0 Å². The van der Waals surface area contributed by atoms with Crippen LogP contribution in [0.1, 0.15) is 22.7 Å². The summed E-state index contributed by atoms with van der Waals surface area (Å²) in [4.78, 5) is 14.7. The standard InChI is InChI=1S/C23H16BrCl2NO2/c24-17-7-3-16(4-8-17)21-20(15-5-11-19(26)12-6-15)22(28)23(29)27(21)13-14-1-9-18(25)10-2-14/h1-12,21,28H,13H2. The van der Waals surface area contributed by atoms with Crippen LogP contribution in [0.2, 0.25) is 10.0 Å². The van der Waals surface area contributed by atoms with Crippen molar-refractivity contribution in [3.63, 3.8) is 0 Å². The van der Waals surface area contributed by atoms with E-state index in [2.05, 4.69) is 15.9 Å². The molecule has 0 bridgehead atoms. The second-order valence-corrected chi connectivity index (χ2v) is 8.57. The van der Waals surface area contributed by atoms with Gasteiger partial charge in [0.15, 0.2) is 5.76 Å². The van der Waals surface area contributed by atoms with Crippen molar-refractivity contribution in [3.05, 3.63) is 110 Å². The number of amides is 1. The molecule has 4 rings (SSSR count). The van der Waals surface area contributed by atoms with E-state index in [1.165, 1.54) is 0 Å². The minimum atomic E-state index is -0.424. The Morgan fingerprint density at radius 1 is 0.862 bits per heavy atom. The molecule has 6 heteroatoms. The van der Waals surface area contributed by atoms with E-state index in [1.54, 1.807) is 29.2 Å². The second kappa shape index (κ2) is 8.23. The number of halogens is 3. The molecule has 29 heavy (non-hydrogen) atoms. The lowest BCUT2D eigenvalue weighted by Crippen LogP contribution is -2.29. The number of carbonyl (C=O) groups excluding carboxylic acids is 1. The molecule has 1 unspecified atom stereocenters. The van der Waals surface area contributed by atoms with Gasteiger partial charge in [-0.25, -0.2) is 0 Å². The van der Waals surface area contributed by atoms with Gasteiger partial charge in [0.05, 0.1) is 6.04 Å². The first-order valence-electron chi connectivity index (χ1n) is 8.94. The van der Waals surface area contributed by atoms with Gasteiger partial charge in [0.25, 0.3) is 5.91 Å². The van der Waals surface area contributed by atoms with Gasteiger partial charge >= 0.3 is 0 Å². The maximum Gasteiger partial charge on any atom is 0.290 e. The summed E-state index contributed by atoms with van der Waals surface area (Å²) in [7, 11) is 0. The van der Waals surface area contributed by atoms with Gasteiger partial charge in [-0.3, -0.25) is 4.79 Å². The molecule has 3 aromatic rings. The Labute approximate surface area is 187 Å². The third-order valence-corrected chi connectivity index (χ3v) is 5.94.